The van der Waals surface area contributed by atoms with Crippen molar-refractivity contribution < 1.29 is 26.3 Å². The maximum Gasteiger partial charge on any atom is 0.434 e. The molecule has 0 bridgehead atoms. The molecule has 0 saturated heterocycles. The first-order valence-corrected chi connectivity index (χ1v) is 8.21. The number of hydrogen-bond acceptors (Lipinski definition) is 4. The van der Waals surface area contributed by atoms with Gasteiger partial charge in [0.15, 0.2) is 5.70 Å². The summed E-state index contributed by atoms with van der Waals surface area (Å²) >= 11 is 0. The summed E-state index contributed by atoms with van der Waals surface area (Å²) in [5, 5.41) is 3.00. The molecule has 2 aliphatic heterocycles. The lowest BCUT2D eigenvalue weighted by Crippen LogP contribution is -2.35. The van der Waals surface area contributed by atoms with Crippen LogP contribution in [-0.4, -0.2) is 48.4 Å². The molecule has 4 nitrogen and oxygen atoms in total. The smallest absolute Gasteiger partial charge is 0.370 e. The fourth-order valence-corrected chi connectivity index (χ4v) is 2.48. The second kappa shape index (κ2) is 8.13. The summed E-state index contributed by atoms with van der Waals surface area (Å²) in [5.74, 6) is 0.642. The van der Waals surface area contributed by atoms with E-state index in [1.165, 1.54) is 4.90 Å². The first kappa shape index (κ1) is 20.3. The van der Waals surface area contributed by atoms with Crippen molar-refractivity contribution in [1.82, 2.24) is 10.2 Å². The first-order chi connectivity index (χ1) is 12.1. The number of amidine groups is 1. The molecule has 0 atom stereocenters. The zero-order chi connectivity index (χ0) is 19.4. The highest BCUT2D eigenvalue weighted by Crippen LogP contribution is 2.30. The zero-order valence-electron chi connectivity index (χ0n) is 14.2. The Kier molecular flexibility index (Phi) is 6.35. The van der Waals surface area contributed by atoms with Gasteiger partial charge in [0.2, 0.25) is 0 Å². The first-order valence-electron chi connectivity index (χ1n) is 8.21. The molecule has 26 heavy (non-hydrogen) atoms. The summed E-state index contributed by atoms with van der Waals surface area (Å²) in [6.07, 6.45) is -6.98. The van der Waals surface area contributed by atoms with Crippen LogP contribution in [0.4, 0.5) is 26.3 Å². The molecule has 0 fully saturated rings. The van der Waals surface area contributed by atoms with Crippen LogP contribution >= 0.6 is 0 Å². The van der Waals surface area contributed by atoms with Crippen molar-refractivity contribution in [3.8, 4) is 0 Å². The third-order valence-electron chi connectivity index (χ3n) is 3.96. The van der Waals surface area contributed by atoms with Gasteiger partial charge in [-0.3, -0.25) is 4.99 Å². The fraction of sp³-hybridized carbons (Fsp3) is 0.625. The molecule has 0 radical (unpaired) electrons. The van der Waals surface area contributed by atoms with Gasteiger partial charge in [-0.25, -0.2) is 4.99 Å². The van der Waals surface area contributed by atoms with Gasteiger partial charge in [-0.15, -0.1) is 0 Å². The molecule has 0 amide bonds. The van der Waals surface area contributed by atoms with Crippen molar-refractivity contribution in [3.63, 3.8) is 0 Å². The Morgan fingerprint density at radius 1 is 1.15 bits per heavy atom. The molecule has 0 unspecified atom stereocenters. The standard InChI is InChI=1S/C16H20F6N4/c1-2-11-7-23-14(24-8-11)4-6-26-9-12(3-5-15(17,18)19)25-13(10-26)16(20,21)22/h7,10H,2-6,8-9H2,1H3,(H,23,24). The molecule has 0 aromatic rings. The van der Waals surface area contributed by atoms with E-state index in [2.05, 4.69) is 15.3 Å². The highest BCUT2D eigenvalue weighted by atomic mass is 19.4. The third-order valence-corrected chi connectivity index (χ3v) is 3.96. The second-order valence-corrected chi connectivity index (χ2v) is 6.09. The van der Waals surface area contributed by atoms with Gasteiger partial charge < -0.3 is 10.2 Å². The molecule has 0 aliphatic carbocycles. The topological polar surface area (TPSA) is 40.0 Å². The zero-order valence-corrected chi connectivity index (χ0v) is 14.2. The predicted molar refractivity (Wildman–Crippen MR) is 86.9 cm³/mol. The second-order valence-electron chi connectivity index (χ2n) is 6.09. The van der Waals surface area contributed by atoms with Crippen LogP contribution in [0.25, 0.3) is 0 Å². The summed E-state index contributed by atoms with van der Waals surface area (Å²) in [4.78, 5) is 9.03. The summed E-state index contributed by atoms with van der Waals surface area (Å²) in [5.41, 5.74) is -0.177. The summed E-state index contributed by atoms with van der Waals surface area (Å²) in [7, 11) is 0. The van der Waals surface area contributed by atoms with Gasteiger partial charge in [0.1, 0.15) is 5.84 Å². The van der Waals surface area contributed by atoms with Gasteiger partial charge >= 0.3 is 12.4 Å². The maximum absolute atomic E-state index is 13.0. The normalized spacial score (nSPS) is 18.7. The summed E-state index contributed by atoms with van der Waals surface area (Å²) < 4.78 is 76.0. The number of nitrogens with zero attached hydrogens (tertiary/aromatic N) is 3. The number of aliphatic imine (C=N–C) groups is 2. The lowest BCUT2D eigenvalue weighted by Gasteiger charge is -2.28. The molecule has 0 saturated carbocycles. The number of rotatable bonds is 6. The molecule has 2 heterocycles. The molecule has 2 rings (SSSR count). The quantitative estimate of drug-likeness (QED) is 0.701. The Hall–Kier alpha value is -2.00. The minimum atomic E-state index is -4.71. The maximum atomic E-state index is 13.0. The van der Waals surface area contributed by atoms with Crippen molar-refractivity contribution in [2.24, 2.45) is 9.98 Å². The Morgan fingerprint density at radius 2 is 1.88 bits per heavy atom. The van der Waals surface area contributed by atoms with E-state index in [0.29, 0.717) is 18.8 Å². The monoisotopic (exact) mass is 382 g/mol. The van der Waals surface area contributed by atoms with Crippen molar-refractivity contribution in [2.45, 2.75) is 45.0 Å². The third kappa shape index (κ3) is 6.38. The number of alkyl halides is 6. The van der Waals surface area contributed by atoms with Crippen molar-refractivity contribution in [2.75, 3.05) is 19.6 Å². The van der Waals surface area contributed by atoms with E-state index in [1.54, 1.807) is 0 Å². The van der Waals surface area contributed by atoms with Gasteiger partial charge in [-0.05, 0) is 18.4 Å². The van der Waals surface area contributed by atoms with Crippen LogP contribution in [-0.2, 0) is 0 Å². The molecule has 2 aliphatic rings. The number of allylic oxidation sites excluding steroid dienone is 1. The molecule has 1 N–H and O–H groups in total. The van der Waals surface area contributed by atoms with Gasteiger partial charge in [-0.2, -0.15) is 26.3 Å². The van der Waals surface area contributed by atoms with Crippen molar-refractivity contribution >= 4 is 11.5 Å². The molecular formula is C16H20F6N4. The largest absolute Gasteiger partial charge is 0.434 e. The number of hydrogen-bond donors (Lipinski definition) is 1. The highest BCUT2D eigenvalue weighted by molar-refractivity contribution is 5.88. The fourth-order valence-electron chi connectivity index (χ4n) is 2.48. The molecule has 10 heteroatoms. The summed E-state index contributed by atoms with van der Waals surface area (Å²) in [6, 6.07) is 0. The number of halogens is 6. The van der Waals surface area contributed by atoms with E-state index in [-0.39, 0.29) is 18.8 Å². The highest BCUT2D eigenvalue weighted by Gasteiger charge is 2.37. The van der Waals surface area contributed by atoms with Gasteiger partial charge in [-0.1, -0.05) is 6.92 Å². The molecule has 0 spiro atoms. The number of nitrogens with one attached hydrogen (secondary N) is 1. The van der Waals surface area contributed by atoms with Crippen LogP contribution < -0.4 is 5.32 Å². The van der Waals surface area contributed by atoms with Gasteiger partial charge in [0, 0.05) is 37.5 Å². The molecular weight excluding hydrogens is 362 g/mol. The van der Waals surface area contributed by atoms with Gasteiger partial charge in [0.25, 0.3) is 0 Å². The average Bonchev–Trinajstić information content (AvgIpc) is 2.57. The predicted octanol–water partition coefficient (Wildman–Crippen LogP) is 4.17. The van der Waals surface area contributed by atoms with Crippen molar-refractivity contribution in [1.29, 1.82) is 0 Å². The molecule has 0 aromatic heterocycles. The minimum absolute atomic E-state index is 0.0566. The van der Waals surface area contributed by atoms with E-state index < -0.39 is 30.9 Å². The lowest BCUT2D eigenvalue weighted by atomic mass is 10.1. The van der Waals surface area contributed by atoms with Crippen LogP contribution in [0.15, 0.2) is 33.7 Å². The Morgan fingerprint density at radius 3 is 2.42 bits per heavy atom. The van der Waals surface area contributed by atoms with Gasteiger partial charge in [0.05, 0.1) is 13.1 Å². The Labute approximate surface area is 147 Å². The van der Waals surface area contributed by atoms with Crippen molar-refractivity contribution in [3.05, 3.63) is 23.7 Å². The average molecular weight is 382 g/mol. The van der Waals surface area contributed by atoms with Crippen LogP contribution in [0.5, 0.6) is 0 Å². The van der Waals surface area contributed by atoms with E-state index in [9.17, 15) is 26.3 Å². The van der Waals surface area contributed by atoms with E-state index >= 15 is 0 Å². The van der Waals surface area contributed by atoms with Crippen LogP contribution in [0.1, 0.15) is 32.6 Å². The Balaban J connectivity index is 1.98. The lowest BCUT2D eigenvalue weighted by molar-refractivity contribution is -0.132. The van der Waals surface area contributed by atoms with Crippen LogP contribution in [0.3, 0.4) is 0 Å². The minimum Gasteiger partial charge on any atom is -0.370 e. The Bertz CT molecular complexity index is 628. The van der Waals surface area contributed by atoms with Crippen LogP contribution in [0, 0.1) is 0 Å². The van der Waals surface area contributed by atoms with Crippen LogP contribution in [0.2, 0.25) is 0 Å². The molecule has 0 aromatic carbocycles. The van der Waals surface area contributed by atoms with E-state index in [0.717, 1.165) is 18.2 Å². The SMILES string of the molecule is CCC1=CNC(CCN2C=C(C(F)(F)F)N=C(CCC(F)(F)F)C2)=NC1. The van der Waals surface area contributed by atoms with E-state index in [1.807, 2.05) is 13.1 Å². The summed E-state index contributed by atoms with van der Waals surface area (Å²) in [6.45, 7) is 2.68. The molecule has 146 valence electrons. The van der Waals surface area contributed by atoms with E-state index in [4.69, 9.17) is 0 Å².